The Bertz CT molecular complexity index is 454. The third kappa shape index (κ3) is 7.29. The molecule has 0 bridgehead atoms. The highest BCUT2D eigenvalue weighted by atomic mass is 16.5. The molecule has 0 aromatic heterocycles. The minimum absolute atomic E-state index is 0.0269. The molecule has 0 radical (unpaired) electrons. The molecule has 1 N–H and O–H groups in total. The molecule has 2 amide bonds. The molecule has 1 aliphatic rings. The van der Waals surface area contributed by atoms with Gasteiger partial charge < -0.3 is 19.6 Å². The van der Waals surface area contributed by atoms with E-state index in [4.69, 9.17) is 9.47 Å². The summed E-state index contributed by atoms with van der Waals surface area (Å²) in [5.74, 6) is -1.17. The fraction of sp³-hybridized carbons (Fsp3) is 0.750. The van der Waals surface area contributed by atoms with Gasteiger partial charge in [-0.25, -0.2) is 0 Å². The summed E-state index contributed by atoms with van der Waals surface area (Å²) in [6.45, 7) is 5.48. The molecule has 8 nitrogen and oxygen atoms in total. The number of aldehydes is 1. The lowest BCUT2D eigenvalue weighted by atomic mass is 10.1. The van der Waals surface area contributed by atoms with Crippen molar-refractivity contribution in [1.82, 2.24) is 10.2 Å². The molecule has 0 aromatic carbocycles. The topological polar surface area (TPSA) is 102 Å². The first-order valence-electron chi connectivity index (χ1n) is 8.10. The van der Waals surface area contributed by atoms with Gasteiger partial charge in [-0.3, -0.25) is 19.3 Å². The van der Waals surface area contributed by atoms with Crippen molar-refractivity contribution in [2.45, 2.75) is 20.3 Å². The third-order valence-electron chi connectivity index (χ3n) is 3.59. The summed E-state index contributed by atoms with van der Waals surface area (Å²) in [7, 11) is 0. The van der Waals surface area contributed by atoms with Gasteiger partial charge in [-0.15, -0.1) is 0 Å². The average molecular weight is 342 g/mol. The van der Waals surface area contributed by atoms with Crippen molar-refractivity contribution in [3.8, 4) is 0 Å². The molecule has 2 atom stereocenters. The van der Waals surface area contributed by atoms with E-state index in [-0.39, 0.29) is 43.1 Å². The van der Waals surface area contributed by atoms with E-state index >= 15 is 0 Å². The smallest absolute Gasteiger partial charge is 0.232 e. The van der Waals surface area contributed by atoms with E-state index in [1.54, 1.807) is 6.92 Å². The van der Waals surface area contributed by atoms with Gasteiger partial charge in [0.15, 0.2) is 5.78 Å². The number of ether oxygens (including phenoxy) is 2. The number of imide groups is 1. The number of rotatable bonds is 13. The predicted molar refractivity (Wildman–Crippen MR) is 85.2 cm³/mol. The lowest BCUT2D eigenvalue weighted by Gasteiger charge is -2.19. The van der Waals surface area contributed by atoms with E-state index in [2.05, 4.69) is 5.32 Å². The van der Waals surface area contributed by atoms with Crippen molar-refractivity contribution in [1.29, 1.82) is 0 Å². The van der Waals surface area contributed by atoms with Crippen molar-refractivity contribution >= 4 is 23.9 Å². The minimum atomic E-state index is -0.429. The second-order valence-electron chi connectivity index (χ2n) is 5.92. The molecule has 0 saturated carbocycles. The number of Topliss-reactive ketones (excluding diaryl/α,β-unsaturated/α-hetero) is 1. The zero-order valence-corrected chi connectivity index (χ0v) is 14.3. The summed E-state index contributed by atoms with van der Waals surface area (Å²) in [6, 6.07) is 0. The summed E-state index contributed by atoms with van der Waals surface area (Å²) in [5.41, 5.74) is 0. The zero-order chi connectivity index (χ0) is 17.9. The molecule has 1 saturated heterocycles. The fourth-order valence-corrected chi connectivity index (χ4v) is 2.30. The Morgan fingerprint density at radius 2 is 2.04 bits per heavy atom. The first kappa shape index (κ1) is 20.4. The van der Waals surface area contributed by atoms with Crippen LogP contribution in [0.25, 0.3) is 0 Å². The van der Waals surface area contributed by atoms with Crippen LogP contribution in [0.15, 0.2) is 0 Å². The molecule has 1 heterocycles. The molecule has 8 heteroatoms. The number of ketones is 1. The van der Waals surface area contributed by atoms with Crippen molar-refractivity contribution in [3.63, 3.8) is 0 Å². The monoisotopic (exact) mass is 342 g/mol. The van der Waals surface area contributed by atoms with Crippen molar-refractivity contribution in [3.05, 3.63) is 0 Å². The van der Waals surface area contributed by atoms with Crippen molar-refractivity contribution in [2.24, 2.45) is 11.8 Å². The number of carbonyl (C=O) groups excluding carboxylic acids is 4. The summed E-state index contributed by atoms with van der Waals surface area (Å²) in [5, 5.41) is 3.06. The van der Waals surface area contributed by atoms with E-state index in [1.807, 2.05) is 0 Å². The number of carbonyl (C=O) groups is 4. The van der Waals surface area contributed by atoms with Gasteiger partial charge in [0.1, 0.15) is 12.9 Å². The lowest BCUT2D eigenvalue weighted by Crippen LogP contribution is -2.39. The largest absolute Gasteiger partial charge is 0.378 e. The second-order valence-corrected chi connectivity index (χ2v) is 5.92. The minimum Gasteiger partial charge on any atom is -0.378 e. The van der Waals surface area contributed by atoms with E-state index in [1.165, 1.54) is 11.8 Å². The molecular formula is C16H26N2O6. The van der Waals surface area contributed by atoms with Crippen LogP contribution in [0, 0.1) is 11.8 Å². The Hall–Kier alpha value is -1.64. The quantitative estimate of drug-likeness (QED) is 0.271. The van der Waals surface area contributed by atoms with E-state index < -0.39 is 5.92 Å². The Morgan fingerprint density at radius 1 is 1.33 bits per heavy atom. The highest BCUT2D eigenvalue weighted by Crippen LogP contribution is 2.19. The van der Waals surface area contributed by atoms with Crippen LogP contribution in [0.1, 0.15) is 20.3 Å². The van der Waals surface area contributed by atoms with Crippen LogP contribution in [-0.2, 0) is 28.7 Å². The van der Waals surface area contributed by atoms with Crippen LogP contribution >= 0.6 is 0 Å². The van der Waals surface area contributed by atoms with Crippen LogP contribution < -0.4 is 5.32 Å². The molecule has 0 aromatic rings. The molecule has 2 unspecified atom stereocenters. The maximum atomic E-state index is 11.8. The number of hydrogen-bond donors (Lipinski definition) is 1. The molecule has 1 rings (SSSR count). The molecule has 0 spiro atoms. The molecule has 0 aliphatic carbocycles. The van der Waals surface area contributed by atoms with E-state index in [0.29, 0.717) is 32.9 Å². The summed E-state index contributed by atoms with van der Waals surface area (Å²) in [4.78, 5) is 46.5. The zero-order valence-electron chi connectivity index (χ0n) is 14.3. The van der Waals surface area contributed by atoms with E-state index in [9.17, 15) is 19.2 Å². The normalized spacial score (nSPS) is 18.9. The lowest BCUT2D eigenvalue weighted by molar-refractivity contribution is -0.140. The van der Waals surface area contributed by atoms with Crippen LogP contribution in [0.5, 0.6) is 0 Å². The van der Waals surface area contributed by atoms with Crippen LogP contribution in [0.4, 0.5) is 0 Å². The second kappa shape index (κ2) is 11.0. The van der Waals surface area contributed by atoms with Gasteiger partial charge in [-0.05, 0) is 6.92 Å². The average Bonchev–Trinajstić information content (AvgIpc) is 2.77. The van der Waals surface area contributed by atoms with Crippen LogP contribution in [-0.4, -0.2) is 74.8 Å². The number of amides is 2. The Labute approximate surface area is 141 Å². The number of hydrogen-bond acceptors (Lipinski definition) is 7. The van der Waals surface area contributed by atoms with Gasteiger partial charge in [-0.1, -0.05) is 6.92 Å². The van der Waals surface area contributed by atoms with Crippen LogP contribution in [0.2, 0.25) is 0 Å². The molecule has 24 heavy (non-hydrogen) atoms. The van der Waals surface area contributed by atoms with Crippen molar-refractivity contribution in [2.75, 3.05) is 46.1 Å². The van der Waals surface area contributed by atoms with Crippen LogP contribution in [0.3, 0.4) is 0 Å². The molecule has 1 aliphatic heterocycles. The predicted octanol–water partition coefficient (Wildman–Crippen LogP) is -0.592. The molecular weight excluding hydrogens is 316 g/mol. The van der Waals surface area contributed by atoms with Gasteiger partial charge in [0, 0.05) is 37.9 Å². The van der Waals surface area contributed by atoms with Gasteiger partial charge in [0.25, 0.3) is 0 Å². The Morgan fingerprint density at radius 3 is 2.62 bits per heavy atom. The summed E-state index contributed by atoms with van der Waals surface area (Å²) >= 11 is 0. The van der Waals surface area contributed by atoms with Gasteiger partial charge >= 0.3 is 0 Å². The summed E-state index contributed by atoms with van der Waals surface area (Å²) < 4.78 is 10.4. The number of nitrogens with one attached hydrogen (secondary N) is 1. The first-order valence-corrected chi connectivity index (χ1v) is 8.10. The highest BCUT2D eigenvalue weighted by Gasteiger charge is 2.36. The highest BCUT2D eigenvalue weighted by molar-refractivity contribution is 6.03. The summed E-state index contributed by atoms with van der Waals surface area (Å²) in [6.07, 6.45) is 0.977. The number of likely N-dealkylation sites (tertiary alicyclic amines) is 1. The number of nitrogens with zero attached hydrogens (tertiary/aromatic N) is 1. The Kier molecular flexibility index (Phi) is 9.36. The molecule has 1 fully saturated rings. The fourth-order valence-electron chi connectivity index (χ4n) is 2.30. The third-order valence-corrected chi connectivity index (χ3v) is 3.59. The SMILES string of the molecule is CC(=O)COCCOCCNCC(C=O)CN1C(=O)CC(C)C1=O. The van der Waals surface area contributed by atoms with E-state index in [0.717, 1.165) is 6.29 Å². The van der Waals surface area contributed by atoms with Gasteiger partial charge in [0.2, 0.25) is 11.8 Å². The Balaban J connectivity index is 2.10. The maximum absolute atomic E-state index is 11.8. The maximum Gasteiger partial charge on any atom is 0.232 e. The molecule has 136 valence electrons. The first-order chi connectivity index (χ1) is 11.5. The van der Waals surface area contributed by atoms with Gasteiger partial charge in [-0.2, -0.15) is 0 Å². The van der Waals surface area contributed by atoms with Gasteiger partial charge in [0.05, 0.1) is 19.8 Å². The standard InChI is InChI=1S/C16H26N2O6/c1-12-7-15(21)18(16(12)22)9-14(10-19)8-17-3-4-23-5-6-24-11-13(2)20/h10,12,14,17H,3-9,11H2,1-2H3. The van der Waals surface area contributed by atoms with Crippen molar-refractivity contribution < 1.29 is 28.7 Å².